The number of aryl methyl sites for hydroxylation is 2. The minimum atomic E-state index is -0.272. The van der Waals surface area contributed by atoms with E-state index < -0.39 is 0 Å². The van der Waals surface area contributed by atoms with Crippen molar-refractivity contribution in [2.75, 3.05) is 32.8 Å². The van der Waals surface area contributed by atoms with Crippen LogP contribution in [0.1, 0.15) is 45.5 Å². The second kappa shape index (κ2) is 7.16. The molecule has 0 saturated carbocycles. The largest absolute Gasteiger partial charge is 0.368 e. The fourth-order valence-electron chi connectivity index (χ4n) is 3.80. The van der Waals surface area contributed by atoms with Gasteiger partial charge in [0, 0.05) is 38.3 Å². The molecule has 0 aliphatic carbocycles. The number of amides is 2. The van der Waals surface area contributed by atoms with Crippen LogP contribution in [0.4, 0.5) is 0 Å². The number of hydrogen-bond acceptors (Lipinski definition) is 3. The molecular formula is C20H28N2O3. The van der Waals surface area contributed by atoms with Crippen LogP contribution in [0.25, 0.3) is 0 Å². The third-order valence-electron chi connectivity index (χ3n) is 5.66. The summed E-state index contributed by atoms with van der Waals surface area (Å²) in [4.78, 5) is 29.2. The molecule has 0 unspecified atom stereocenters. The van der Waals surface area contributed by atoms with E-state index >= 15 is 0 Å². The van der Waals surface area contributed by atoms with Gasteiger partial charge in [-0.3, -0.25) is 9.59 Å². The van der Waals surface area contributed by atoms with Crippen molar-refractivity contribution < 1.29 is 14.3 Å². The number of nitrogens with zero attached hydrogens (tertiary/aromatic N) is 2. The highest BCUT2D eigenvalue weighted by Gasteiger charge is 2.32. The van der Waals surface area contributed by atoms with Gasteiger partial charge < -0.3 is 14.5 Å². The number of hydrogen-bond donors (Lipinski definition) is 0. The van der Waals surface area contributed by atoms with E-state index in [-0.39, 0.29) is 17.9 Å². The molecule has 0 bridgehead atoms. The van der Waals surface area contributed by atoms with Crippen molar-refractivity contribution in [3.63, 3.8) is 0 Å². The van der Waals surface area contributed by atoms with Crippen LogP contribution in [0, 0.1) is 27.7 Å². The number of carbonyl (C=O) groups excluding carboxylic acids is 2. The van der Waals surface area contributed by atoms with Crippen LogP contribution in [0.5, 0.6) is 0 Å². The molecule has 2 aliphatic heterocycles. The Balaban J connectivity index is 1.69. The molecule has 0 N–H and O–H groups in total. The van der Waals surface area contributed by atoms with Gasteiger partial charge in [-0.05, 0) is 62.8 Å². The third-order valence-corrected chi connectivity index (χ3v) is 5.66. The van der Waals surface area contributed by atoms with Gasteiger partial charge in [0.15, 0.2) is 0 Å². The van der Waals surface area contributed by atoms with Gasteiger partial charge in [-0.1, -0.05) is 6.07 Å². The van der Waals surface area contributed by atoms with E-state index in [4.69, 9.17) is 4.74 Å². The Kier molecular flexibility index (Phi) is 5.13. The fourth-order valence-corrected chi connectivity index (χ4v) is 3.80. The second-order valence-corrected chi connectivity index (χ2v) is 7.25. The van der Waals surface area contributed by atoms with Crippen molar-refractivity contribution in [3.05, 3.63) is 33.9 Å². The summed E-state index contributed by atoms with van der Waals surface area (Å²) in [6, 6.07) is 2.14. The quantitative estimate of drug-likeness (QED) is 0.828. The number of ether oxygens (including phenoxy) is 1. The molecule has 1 aromatic rings. The highest BCUT2D eigenvalue weighted by molar-refractivity contribution is 5.98. The maximum atomic E-state index is 13.1. The number of carbonyl (C=O) groups is 2. The summed E-state index contributed by atoms with van der Waals surface area (Å²) >= 11 is 0. The Labute approximate surface area is 149 Å². The van der Waals surface area contributed by atoms with Crippen molar-refractivity contribution in [1.82, 2.24) is 9.80 Å². The molecule has 2 fully saturated rings. The molecule has 0 radical (unpaired) electrons. The second-order valence-electron chi connectivity index (χ2n) is 7.25. The lowest BCUT2D eigenvalue weighted by atomic mass is 9.93. The van der Waals surface area contributed by atoms with Gasteiger partial charge in [0.25, 0.3) is 11.8 Å². The van der Waals surface area contributed by atoms with Crippen molar-refractivity contribution in [1.29, 1.82) is 0 Å². The monoisotopic (exact) mass is 344 g/mol. The van der Waals surface area contributed by atoms with Crippen molar-refractivity contribution in [3.8, 4) is 0 Å². The Morgan fingerprint density at radius 1 is 0.960 bits per heavy atom. The Morgan fingerprint density at radius 3 is 2.04 bits per heavy atom. The van der Waals surface area contributed by atoms with E-state index in [9.17, 15) is 9.59 Å². The van der Waals surface area contributed by atoms with Crippen LogP contribution in [-0.2, 0) is 9.53 Å². The van der Waals surface area contributed by atoms with E-state index in [1.165, 1.54) is 0 Å². The molecule has 1 atom stereocenters. The molecule has 2 heterocycles. The van der Waals surface area contributed by atoms with Crippen LogP contribution in [0.2, 0.25) is 0 Å². The highest BCUT2D eigenvalue weighted by Crippen LogP contribution is 2.24. The Hall–Kier alpha value is -1.88. The number of piperazine rings is 1. The summed E-state index contributed by atoms with van der Waals surface area (Å²) in [6.45, 7) is 11.2. The first-order valence-corrected chi connectivity index (χ1v) is 9.17. The summed E-state index contributed by atoms with van der Waals surface area (Å²) < 4.78 is 5.50. The molecule has 5 nitrogen and oxygen atoms in total. The van der Waals surface area contributed by atoms with E-state index in [1.807, 2.05) is 23.6 Å². The van der Waals surface area contributed by atoms with Crippen molar-refractivity contribution in [2.45, 2.75) is 46.6 Å². The maximum absolute atomic E-state index is 13.1. The normalized spacial score (nSPS) is 20.9. The van der Waals surface area contributed by atoms with E-state index in [2.05, 4.69) is 19.9 Å². The van der Waals surface area contributed by atoms with Crippen LogP contribution in [-0.4, -0.2) is 60.5 Å². The number of benzene rings is 1. The summed E-state index contributed by atoms with van der Waals surface area (Å²) in [5, 5.41) is 0. The summed E-state index contributed by atoms with van der Waals surface area (Å²) in [7, 11) is 0. The highest BCUT2D eigenvalue weighted by atomic mass is 16.5. The molecule has 0 spiro atoms. The first-order valence-electron chi connectivity index (χ1n) is 9.17. The van der Waals surface area contributed by atoms with Gasteiger partial charge in [-0.15, -0.1) is 0 Å². The molecule has 1 aromatic carbocycles. The SMILES string of the molecule is Cc1cc(C)c(C)c(C(=O)N2CCN(C(=O)[C@@H]3CCCO3)CC2)c1C. The molecule has 25 heavy (non-hydrogen) atoms. The van der Waals surface area contributed by atoms with E-state index in [1.54, 1.807) is 0 Å². The summed E-state index contributed by atoms with van der Waals surface area (Å²) in [5.74, 6) is 0.175. The van der Waals surface area contributed by atoms with E-state index in [0.29, 0.717) is 32.8 Å². The van der Waals surface area contributed by atoms with Gasteiger partial charge in [-0.2, -0.15) is 0 Å². The van der Waals surface area contributed by atoms with Crippen LogP contribution < -0.4 is 0 Å². The first kappa shape index (κ1) is 17.9. The van der Waals surface area contributed by atoms with Crippen LogP contribution in [0.3, 0.4) is 0 Å². The van der Waals surface area contributed by atoms with Crippen molar-refractivity contribution in [2.24, 2.45) is 0 Å². The predicted octanol–water partition coefficient (Wildman–Crippen LogP) is 2.38. The van der Waals surface area contributed by atoms with Crippen LogP contribution in [0.15, 0.2) is 6.07 Å². The topological polar surface area (TPSA) is 49.9 Å². The van der Waals surface area contributed by atoms with Gasteiger partial charge in [-0.25, -0.2) is 0 Å². The Bertz CT molecular complexity index is 658. The van der Waals surface area contributed by atoms with Crippen LogP contribution >= 0.6 is 0 Å². The first-order chi connectivity index (χ1) is 11.9. The minimum Gasteiger partial charge on any atom is -0.368 e. The summed E-state index contributed by atoms with van der Waals surface area (Å²) in [5.41, 5.74) is 5.26. The maximum Gasteiger partial charge on any atom is 0.254 e. The van der Waals surface area contributed by atoms with Crippen molar-refractivity contribution >= 4 is 11.8 Å². The third kappa shape index (κ3) is 3.43. The van der Waals surface area contributed by atoms with Gasteiger partial charge in [0.05, 0.1) is 0 Å². The molecule has 0 aromatic heterocycles. The molecule has 3 rings (SSSR count). The lowest BCUT2D eigenvalue weighted by molar-refractivity contribution is -0.142. The Morgan fingerprint density at radius 2 is 1.52 bits per heavy atom. The zero-order valence-electron chi connectivity index (χ0n) is 15.7. The molecule has 2 amide bonds. The molecule has 2 aliphatic rings. The zero-order valence-corrected chi connectivity index (χ0v) is 15.7. The molecular weight excluding hydrogens is 316 g/mol. The lowest BCUT2D eigenvalue weighted by Crippen LogP contribution is -2.53. The average molecular weight is 344 g/mol. The fraction of sp³-hybridized carbons (Fsp3) is 0.600. The minimum absolute atomic E-state index is 0.0864. The molecule has 136 valence electrons. The predicted molar refractivity (Wildman–Crippen MR) is 96.8 cm³/mol. The standard InChI is InChI=1S/C20H28N2O3/c1-13-12-14(2)16(4)18(15(13)3)20(24)22-9-7-21(8-10-22)19(23)17-6-5-11-25-17/h12,17H,5-11H2,1-4H3/t17-/m0/s1. The van der Waals surface area contributed by atoms with Gasteiger partial charge >= 0.3 is 0 Å². The zero-order chi connectivity index (χ0) is 18.1. The smallest absolute Gasteiger partial charge is 0.254 e. The molecule has 2 saturated heterocycles. The number of rotatable bonds is 2. The lowest BCUT2D eigenvalue weighted by Gasteiger charge is -2.36. The van der Waals surface area contributed by atoms with Gasteiger partial charge in [0.2, 0.25) is 0 Å². The average Bonchev–Trinajstić information content (AvgIpc) is 3.14. The molecule has 5 heteroatoms. The van der Waals surface area contributed by atoms with Gasteiger partial charge in [0.1, 0.15) is 6.10 Å². The van der Waals surface area contributed by atoms with E-state index in [0.717, 1.165) is 40.7 Å². The summed E-state index contributed by atoms with van der Waals surface area (Å²) in [6.07, 6.45) is 1.50.